The molecule has 0 unspecified atom stereocenters. The van der Waals surface area contributed by atoms with Crippen molar-refractivity contribution in [3.63, 3.8) is 0 Å². The van der Waals surface area contributed by atoms with Crippen molar-refractivity contribution in [2.24, 2.45) is 17.4 Å². The zero-order valence-corrected chi connectivity index (χ0v) is 17.8. The van der Waals surface area contributed by atoms with E-state index < -0.39 is 11.7 Å². The fourth-order valence-corrected chi connectivity index (χ4v) is 2.86. The first-order valence-electron chi connectivity index (χ1n) is 9.54. The van der Waals surface area contributed by atoms with Gasteiger partial charge >= 0.3 is 0 Å². The number of nitrogens with one attached hydrogen (secondary N) is 2. The molecule has 0 aliphatic heterocycles. The second-order valence-electron chi connectivity index (χ2n) is 7.38. The maximum absolute atomic E-state index is 14.7. The van der Waals surface area contributed by atoms with E-state index in [0.29, 0.717) is 11.6 Å². The van der Waals surface area contributed by atoms with E-state index in [4.69, 9.17) is 20.9 Å². The number of ether oxygens (including phenoxy) is 2. The second kappa shape index (κ2) is 10.1. The lowest BCUT2D eigenvalue weighted by Gasteiger charge is -2.25. The topological polar surface area (TPSA) is 137 Å². The van der Waals surface area contributed by atoms with Crippen molar-refractivity contribution < 1.29 is 18.7 Å². The SMILES string of the molecule is COc1cc(Nc2nc(N[C@H](CC(C)C)[C@H](C)N)c(F)cc2C(N)=O)cc(OC)n1. The van der Waals surface area contributed by atoms with Crippen molar-refractivity contribution >= 4 is 23.2 Å². The Kier molecular flexibility index (Phi) is 7.76. The second-order valence-corrected chi connectivity index (χ2v) is 7.38. The highest BCUT2D eigenvalue weighted by Crippen LogP contribution is 2.28. The van der Waals surface area contributed by atoms with Crippen LogP contribution in [0.4, 0.5) is 21.7 Å². The summed E-state index contributed by atoms with van der Waals surface area (Å²) in [5.41, 5.74) is 11.8. The fourth-order valence-electron chi connectivity index (χ4n) is 2.86. The first-order valence-corrected chi connectivity index (χ1v) is 9.54. The van der Waals surface area contributed by atoms with E-state index in [-0.39, 0.29) is 41.0 Å². The number of halogens is 1. The minimum atomic E-state index is -0.825. The largest absolute Gasteiger partial charge is 0.481 e. The lowest BCUT2D eigenvalue weighted by molar-refractivity contribution is 0.100. The van der Waals surface area contributed by atoms with Crippen molar-refractivity contribution in [1.29, 1.82) is 0 Å². The molecule has 0 radical (unpaired) electrons. The van der Waals surface area contributed by atoms with Gasteiger partial charge in [0.1, 0.15) is 5.82 Å². The fraction of sp³-hybridized carbons (Fsp3) is 0.450. The van der Waals surface area contributed by atoms with Crippen LogP contribution in [-0.2, 0) is 0 Å². The molecule has 0 bridgehead atoms. The summed E-state index contributed by atoms with van der Waals surface area (Å²) in [5, 5.41) is 6.01. The Hall–Kier alpha value is -3.14. The number of anilines is 3. The van der Waals surface area contributed by atoms with Gasteiger partial charge in [-0.05, 0) is 25.3 Å². The third kappa shape index (κ3) is 5.93. The van der Waals surface area contributed by atoms with Crippen LogP contribution < -0.4 is 31.6 Å². The van der Waals surface area contributed by atoms with Crippen LogP contribution in [0.25, 0.3) is 0 Å². The summed E-state index contributed by atoms with van der Waals surface area (Å²) < 4.78 is 25.0. The summed E-state index contributed by atoms with van der Waals surface area (Å²) in [5.74, 6) is -0.564. The van der Waals surface area contributed by atoms with Crippen molar-refractivity contribution in [3.8, 4) is 11.8 Å². The third-order valence-corrected chi connectivity index (χ3v) is 4.38. The van der Waals surface area contributed by atoms with Crippen molar-refractivity contribution in [2.75, 3.05) is 24.9 Å². The molecule has 2 aromatic rings. The van der Waals surface area contributed by atoms with E-state index in [1.54, 1.807) is 12.1 Å². The van der Waals surface area contributed by atoms with Gasteiger partial charge in [0.15, 0.2) is 11.6 Å². The predicted molar refractivity (Wildman–Crippen MR) is 114 cm³/mol. The number of hydrogen-bond donors (Lipinski definition) is 4. The first kappa shape index (κ1) is 23.1. The molecule has 0 aliphatic rings. The third-order valence-electron chi connectivity index (χ3n) is 4.38. The van der Waals surface area contributed by atoms with Gasteiger partial charge in [-0.15, -0.1) is 0 Å². The lowest BCUT2D eigenvalue weighted by Crippen LogP contribution is -2.39. The molecule has 2 rings (SSSR count). The van der Waals surface area contributed by atoms with Crippen LogP contribution in [0.5, 0.6) is 11.8 Å². The van der Waals surface area contributed by atoms with E-state index in [0.717, 1.165) is 12.5 Å². The number of carbonyl (C=O) groups excluding carboxylic acids is 1. The smallest absolute Gasteiger partial charge is 0.252 e. The van der Waals surface area contributed by atoms with Crippen molar-refractivity contribution in [2.45, 2.75) is 39.3 Å². The molecule has 0 saturated carbocycles. The Balaban J connectivity index is 2.45. The van der Waals surface area contributed by atoms with E-state index in [1.165, 1.54) is 14.2 Å². The Bertz CT molecular complexity index is 869. The quantitative estimate of drug-likeness (QED) is 0.460. The van der Waals surface area contributed by atoms with Crippen LogP contribution in [-0.4, -0.2) is 42.2 Å². The van der Waals surface area contributed by atoms with Gasteiger partial charge in [-0.1, -0.05) is 13.8 Å². The Morgan fingerprint density at radius 1 is 1.10 bits per heavy atom. The molecule has 0 spiro atoms. The maximum atomic E-state index is 14.7. The molecule has 10 heteroatoms. The summed E-state index contributed by atoms with van der Waals surface area (Å²) >= 11 is 0. The summed E-state index contributed by atoms with van der Waals surface area (Å²) in [7, 11) is 2.92. The Morgan fingerprint density at radius 2 is 1.70 bits per heavy atom. The molecule has 0 fully saturated rings. The van der Waals surface area contributed by atoms with Gasteiger partial charge in [-0.2, -0.15) is 4.98 Å². The van der Waals surface area contributed by atoms with Crippen LogP contribution in [0.1, 0.15) is 37.6 Å². The number of nitrogens with two attached hydrogens (primary N) is 2. The number of primary amides is 1. The lowest BCUT2D eigenvalue weighted by atomic mass is 9.99. The summed E-state index contributed by atoms with van der Waals surface area (Å²) in [6.07, 6.45) is 0.720. The molecule has 9 nitrogen and oxygen atoms in total. The predicted octanol–water partition coefficient (Wildman–Crippen LogP) is 2.65. The average molecular weight is 420 g/mol. The van der Waals surface area contributed by atoms with Crippen LogP contribution in [0.15, 0.2) is 18.2 Å². The number of carbonyl (C=O) groups is 1. The molecule has 30 heavy (non-hydrogen) atoms. The molecule has 6 N–H and O–H groups in total. The number of rotatable bonds is 10. The number of aromatic nitrogens is 2. The molecule has 2 aromatic heterocycles. The van der Waals surface area contributed by atoms with Gasteiger partial charge in [0.2, 0.25) is 11.8 Å². The van der Waals surface area contributed by atoms with Gasteiger partial charge in [0.25, 0.3) is 5.91 Å². The highest BCUT2D eigenvalue weighted by Gasteiger charge is 2.21. The van der Waals surface area contributed by atoms with Crippen LogP contribution in [0, 0.1) is 11.7 Å². The normalized spacial score (nSPS) is 12.9. The Morgan fingerprint density at radius 3 is 2.17 bits per heavy atom. The maximum Gasteiger partial charge on any atom is 0.252 e. The minimum Gasteiger partial charge on any atom is -0.481 e. The number of nitrogens with zero attached hydrogens (tertiary/aromatic N) is 2. The molecule has 1 amide bonds. The molecule has 2 heterocycles. The van der Waals surface area contributed by atoms with Gasteiger partial charge in [0.05, 0.1) is 25.5 Å². The summed E-state index contributed by atoms with van der Waals surface area (Å²) in [4.78, 5) is 20.2. The number of hydrogen-bond acceptors (Lipinski definition) is 8. The van der Waals surface area contributed by atoms with Crippen LogP contribution in [0.3, 0.4) is 0 Å². The van der Waals surface area contributed by atoms with Crippen molar-refractivity contribution in [1.82, 2.24) is 9.97 Å². The molecule has 0 aromatic carbocycles. The van der Waals surface area contributed by atoms with Crippen molar-refractivity contribution in [3.05, 3.63) is 29.6 Å². The van der Waals surface area contributed by atoms with Gasteiger partial charge in [0, 0.05) is 24.2 Å². The highest BCUT2D eigenvalue weighted by molar-refractivity contribution is 5.98. The molecule has 2 atom stereocenters. The van der Waals surface area contributed by atoms with Gasteiger partial charge in [-0.25, -0.2) is 9.37 Å². The zero-order valence-electron chi connectivity index (χ0n) is 17.8. The van der Waals surface area contributed by atoms with E-state index in [9.17, 15) is 9.18 Å². The van der Waals surface area contributed by atoms with Crippen LogP contribution in [0.2, 0.25) is 0 Å². The highest BCUT2D eigenvalue weighted by atomic mass is 19.1. The average Bonchev–Trinajstić information content (AvgIpc) is 2.68. The molecule has 0 saturated heterocycles. The van der Waals surface area contributed by atoms with Crippen LogP contribution >= 0.6 is 0 Å². The van der Waals surface area contributed by atoms with Gasteiger partial charge in [-0.3, -0.25) is 4.79 Å². The summed E-state index contributed by atoms with van der Waals surface area (Å²) in [6.45, 7) is 5.94. The molecule has 0 aliphatic carbocycles. The summed E-state index contributed by atoms with van der Waals surface area (Å²) in [6, 6.07) is 3.75. The van der Waals surface area contributed by atoms with E-state index in [2.05, 4.69) is 20.6 Å². The first-order chi connectivity index (χ1) is 14.1. The van der Waals surface area contributed by atoms with Gasteiger partial charge < -0.3 is 31.6 Å². The minimum absolute atomic E-state index is 0.0292. The van der Waals surface area contributed by atoms with E-state index >= 15 is 0 Å². The molecular formula is C20H29FN6O3. The Labute approximate surface area is 175 Å². The zero-order chi connectivity index (χ0) is 22.4. The number of pyridine rings is 2. The number of amides is 1. The monoisotopic (exact) mass is 420 g/mol. The number of methoxy groups -OCH3 is 2. The molecular weight excluding hydrogens is 391 g/mol. The molecule has 164 valence electrons. The van der Waals surface area contributed by atoms with E-state index in [1.807, 2.05) is 20.8 Å². The standard InChI is InChI=1S/C20H29FN6O3/c1-10(2)6-15(11(3)22)25-20-14(21)9-13(18(23)28)19(27-20)24-12-7-16(29-4)26-17(8-12)30-5/h7-11,15H,6,22H2,1-5H3,(H2,23,28)(H2,24,25,26,27)/t11-,15+/m0/s1.